The average Bonchev–Trinajstić information content (AvgIpc) is 2.25. The molecule has 14 heavy (non-hydrogen) atoms. The van der Waals surface area contributed by atoms with Crippen molar-refractivity contribution in [2.45, 2.75) is 19.1 Å². The number of hydrogen-bond donors (Lipinski definition) is 2. The van der Waals surface area contributed by atoms with E-state index in [1.165, 1.54) is 5.56 Å². The largest absolute Gasteiger partial charge is 0.389 e. The van der Waals surface area contributed by atoms with Gasteiger partial charge in [0.1, 0.15) is 0 Å². The molecule has 0 saturated heterocycles. The molecular formula is C12H17NO. The molecule has 0 aromatic heterocycles. The van der Waals surface area contributed by atoms with Crippen LogP contribution >= 0.6 is 0 Å². The van der Waals surface area contributed by atoms with E-state index in [1.54, 1.807) is 6.08 Å². The van der Waals surface area contributed by atoms with Gasteiger partial charge in [-0.25, -0.2) is 0 Å². The van der Waals surface area contributed by atoms with Crippen LogP contribution < -0.4 is 5.32 Å². The molecule has 76 valence electrons. The van der Waals surface area contributed by atoms with Crippen LogP contribution in [-0.2, 0) is 6.54 Å². The van der Waals surface area contributed by atoms with E-state index in [4.69, 9.17) is 0 Å². The molecule has 0 fully saturated rings. The second kappa shape index (κ2) is 6.35. The van der Waals surface area contributed by atoms with Gasteiger partial charge in [0.05, 0.1) is 6.10 Å². The highest BCUT2D eigenvalue weighted by atomic mass is 16.3. The van der Waals surface area contributed by atoms with Crippen molar-refractivity contribution >= 4 is 0 Å². The zero-order valence-corrected chi connectivity index (χ0v) is 8.32. The molecule has 0 saturated carbocycles. The van der Waals surface area contributed by atoms with Crippen molar-refractivity contribution in [2.24, 2.45) is 0 Å². The van der Waals surface area contributed by atoms with Crippen molar-refractivity contribution in [3.8, 4) is 0 Å². The molecule has 0 radical (unpaired) electrons. The van der Waals surface area contributed by atoms with Gasteiger partial charge in [0.2, 0.25) is 0 Å². The van der Waals surface area contributed by atoms with Gasteiger partial charge in [0.25, 0.3) is 0 Å². The van der Waals surface area contributed by atoms with Crippen molar-refractivity contribution in [2.75, 3.05) is 6.54 Å². The van der Waals surface area contributed by atoms with Gasteiger partial charge in [-0.2, -0.15) is 0 Å². The number of aliphatic hydroxyl groups excluding tert-OH is 1. The normalized spacial score (nSPS) is 12.4. The zero-order valence-electron chi connectivity index (χ0n) is 8.32. The molecule has 0 bridgehead atoms. The number of benzene rings is 1. The molecule has 2 N–H and O–H groups in total. The van der Waals surface area contributed by atoms with Gasteiger partial charge in [-0.3, -0.25) is 0 Å². The minimum Gasteiger partial charge on any atom is -0.389 e. The molecule has 1 aromatic carbocycles. The third-order valence-corrected chi connectivity index (χ3v) is 2.06. The van der Waals surface area contributed by atoms with Crippen molar-refractivity contribution in [3.63, 3.8) is 0 Å². The van der Waals surface area contributed by atoms with Gasteiger partial charge in [-0.15, -0.1) is 6.58 Å². The van der Waals surface area contributed by atoms with Crippen molar-refractivity contribution in [1.82, 2.24) is 5.32 Å². The lowest BCUT2D eigenvalue weighted by molar-refractivity contribution is 0.212. The van der Waals surface area contributed by atoms with E-state index < -0.39 is 6.10 Å². The van der Waals surface area contributed by atoms with E-state index in [0.717, 1.165) is 19.5 Å². The van der Waals surface area contributed by atoms with Crippen molar-refractivity contribution in [1.29, 1.82) is 0 Å². The summed E-state index contributed by atoms with van der Waals surface area (Å²) in [5.41, 5.74) is 1.26. The predicted octanol–water partition coefficient (Wildman–Crippen LogP) is 1.71. The summed E-state index contributed by atoms with van der Waals surface area (Å²) in [5.74, 6) is 0. The molecule has 2 heteroatoms. The van der Waals surface area contributed by atoms with Gasteiger partial charge >= 0.3 is 0 Å². The lowest BCUT2D eigenvalue weighted by atomic mass is 10.2. The maximum atomic E-state index is 9.20. The summed E-state index contributed by atoms with van der Waals surface area (Å²) >= 11 is 0. The Hall–Kier alpha value is -1.12. The third-order valence-electron chi connectivity index (χ3n) is 2.06. The first-order valence-electron chi connectivity index (χ1n) is 4.88. The number of rotatable bonds is 6. The first-order chi connectivity index (χ1) is 6.83. The highest BCUT2D eigenvalue weighted by molar-refractivity contribution is 5.14. The number of aliphatic hydroxyl groups is 1. The summed E-state index contributed by atoms with van der Waals surface area (Å²) in [7, 11) is 0. The molecule has 0 aliphatic carbocycles. The Morgan fingerprint density at radius 1 is 1.36 bits per heavy atom. The second-order valence-corrected chi connectivity index (χ2v) is 3.25. The average molecular weight is 191 g/mol. The summed E-state index contributed by atoms with van der Waals surface area (Å²) in [4.78, 5) is 0. The summed E-state index contributed by atoms with van der Waals surface area (Å²) in [6.07, 6.45) is 1.89. The Balaban J connectivity index is 2.13. The molecule has 0 amide bonds. The lowest BCUT2D eigenvalue weighted by Gasteiger charge is -2.06. The van der Waals surface area contributed by atoms with E-state index in [1.807, 2.05) is 18.2 Å². The maximum Gasteiger partial charge on any atom is 0.0730 e. The fourth-order valence-corrected chi connectivity index (χ4v) is 1.20. The van der Waals surface area contributed by atoms with Crippen LogP contribution in [0.1, 0.15) is 12.0 Å². The van der Waals surface area contributed by atoms with Crippen molar-refractivity contribution < 1.29 is 5.11 Å². The van der Waals surface area contributed by atoms with Crippen LogP contribution in [0.3, 0.4) is 0 Å². The van der Waals surface area contributed by atoms with Crippen LogP contribution in [0.2, 0.25) is 0 Å². The van der Waals surface area contributed by atoms with Crippen LogP contribution in [0.4, 0.5) is 0 Å². The summed E-state index contributed by atoms with van der Waals surface area (Å²) in [5, 5.41) is 12.5. The molecule has 0 spiro atoms. The van der Waals surface area contributed by atoms with E-state index in [2.05, 4.69) is 24.0 Å². The molecule has 2 nitrogen and oxygen atoms in total. The highest BCUT2D eigenvalue weighted by Crippen LogP contribution is 1.97. The van der Waals surface area contributed by atoms with E-state index in [-0.39, 0.29) is 0 Å². The van der Waals surface area contributed by atoms with Crippen LogP contribution in [0, 0.1) is 0 Å². The number of hydrogen-bond acceptors (Lipinski definition) is 2. The molecule has 0 aliphatic heterocycles. The molecule has 1 rings (SSSR count). The Morgan fingerprint density at radius 3 is 2.71 bits per heavy atom. The molecule has 1 atom stereocenters. The minimum absolute atomic E-state index is 0.390. The van der Waals surface area contributed by atoms with Crippen LogP contribution in [0.5, 0.6) is 0 Å². The first-order valence-corrected chi connectivity index (χ1v) is 4.88. The number of nitrogens with one attached hydrogen (secondary N) is 1. The first kappa shape index (κ1) is 11.0. The van der Waals surface area contributed by atoms with Gasteiger partial charge in [-0.1, -0.05) is 36.4 Å². The predicted molar refractivity (Wildman–Crippen MR) is 59.0 cm³/mol. The highest BCUT2D eigenvalue weighted by Gasteiger charge is 1.96. The van der Waals surface area contributed by atoms with Crippen LogP contribution in [0.15, 0.2) is 43.0 Å². The Kier molecular flexibility index (Phi) is 4.97. The quantitative estimate of drug-likeness (QED) is 0.530. The van der Waals surface area contributed by atoms with Crippen LogP contribution in [-0.4, -0.2) is 17.8 Å². The maximum absolute atomic E-state index is 9.20. The Bertz CT molecular complexity index is 258. The summed E-state index contributed by atoms with van der Waals surface area (Å²) in [6, 6.07) is 10.2. The standard InChI is InChI=1S/C12H17NO/c1-2-12(14)8-9-13-10-11-6-4-3-5-7-11/h2-7,12-14H,1,8-10H2. The fourth-order valence-electron chi connectivity index (χ4n) is 1.20. The third kappa shape index (κ3) is 4.21. The van der Waals surface area contributed by atoms with Crippen molar-refractivity contribution in [3.05, 3.63) is 48.6 Å². The van der Waals surface area contributed by atoms with E-state index in [0.29, 0.717) is 0 Å². The SMILES string of the molecule is C=CC(O)CCNCc1ccccc1. The molecule has 0 heterocycles. The van der Waals surface area contributed by atoms with Gasteiger partial charge in [0, 0.05) is 6.54 Å². The van der Waals surface area contributed by atoms with Gasteiger partial charge < -0.3 is 10.4 Å². The smallest absolute Gasteiger partial charge is 0.0730 e. The Labute approximate surface area is 85.3 Å². The van der Waals surface area contributed by atoms with E-state index >= 15 is 0 Å². The summed E-state index contributed by atoms with van der Waals surface area (Å²) in [6.45, 7) is 5.18. The molecular weight excluding hydrogens is 174 g/mol. The minimum atomic E-state index is -0.390. The monoisotopic (exact) mass is 191 g/mol. The van der Waals surface area contributed by atoms with Crippen LogP contribution in [0.25, 0.3) is 0 Å². The zero-order chi connectivity index (χ0) is 10.2. The molecule has 1 aromatic rings. The topological polar surface area (TPSA) is 32.3 Å². The van der Waals surface area contributed by atoms with E-state index in [9.17, 15) is 5.11 Å². The molecule has 0 aliphatic rings. The molecule has 1 unspecified atom stereocenters. The summed E-state index contributed by atoms with van der Waals surface area (Å²) < 4.78 is 0. The van der Waals surface area contributed by atoms with Gasteiger partial charge in [-0.05, 0) is 18.5 Å². The second-order valence-electron chi connectivity index (χ2n) is 3.25. The lowest BCUT2D eigenvalue weighted by Crippen LogP contribution is -2.18. The Morgan fingerprint density at radius 2 is 2.07 bits per heavy atom. The van der Waals surface area contributed by atoms with Gasteiger partial charge in [0.15, 0.2) is 0 Å². The fraction of sp³-hybridized carbons (Fsp3) is 0.333.